The third-order valence-electron chi connectivity index (χ3n) is 5.47. The zero-order chi connectivity index (χ0) is 20.5. The molecule has 8 heteroatoms. The van der Waals surface area contributed by atoms with E-state index in [4.69, 9.17) is 9.47 Å². The lowest BCUT2D eigenvalue weighted by atomic mass is 9.78. The number of aromatic amines is 1. The summed E-state index contributed by atoms with van der Waals surface area (Å²) in [5.74, 6) is 1.33. The molecule has 0 saturated heterocycles. The first kappa shape index (κ1) is 19.2. The van der Waals surface area contributed by atoms with Crippen molar-refractivity contribution in [2.45, 2.75) is 31.4 Å². The number of benzene rings is 1. The van der Waals surface area contributed by atoms with Crippen LogP contribution in [0, 0.1) is 0 Å². The number of rotatable bonds is 6. The molecule has 1 aliphatic rings. The van der Waals surface area contributed by atoms with Crippen LogP contribution in [0.5, 0.6) is 5.75 Å². The Bertz CT molecular complexity index is 1110. The van der Waals surface area contributed by atoms with Crippen molar-refractivity contribution in [2.24, 2.45) is 7.05 Å². The summed E-state index contributed by atoms with van der Waals surface area (Å²) in [6, 6.07) is 9.22. The molecule has 1 saturated carbocycles. The van der Waals surface area contributed by atoms with Crippen LogP contribution in [-0.4, -0.2) is 40.7 Å². The molecule has 1 aliphatic carbocycles. The predicted molar refractivity (Wildman–Crippen MR) is 108 cm³/mol. The fourth-order valence-corrected chi connectivity index (χ4v) is 3.83. The van der Waals surface area contributed by atoms with Gasteiger partial charge in [0.15, 0.2) is 0 Å². The molecule has 152 valence electrons. The topological polar surface area (TPSA) is 98.2 Å². The van der Waals surface area contributed by atoms with Gasteiger partial charge < -0.3 is 24.3 Å². The molecule has 2 heterocycles. The van der Waals surface area contributed by atoms with Crippen LogP contribution in [0.3, 0.4) is 0 Å². The Balaban J connectivity index is 1.43. The van der Waals surface area contributed by atoms with Crippen molar-refractivity contribution in [1.82, 2.24) is 19.9 Å². The predicted octanol–water partition coefficient (Wildman–Crippen LogP) is 2.09. The summed E-state index contributed by atoms with van der Waals surface area (Å²) in [6.45, 7) is 0.266. The van der Waals surface area contributed by atoms with Gasteiger partial charge in [0.2, 0.25) is 0 Å². The van der Waals surface area contributed by atoms with Crippen molar-refractivity contribution in [3.05, 3.63) is 57.9 Å². The van der Waals surface area contributed by atoms with E-state index in [-0.39, 0.29) is 30.0 Å². The van der Waals surface area contributed by atoms with Crippen LogP contribution in [0.15, 0.2) is 35.1 Å². The highest BCUT2D eigenvalue weighted by molar-refractivity contribution is 5.99. The first-order chi connectivity index (χ1) is 14.0. The van der Waals surface area contributed by atoms with E-state index in [9.17, 15) is 9.59 Å². The maximum Gasteiger partial charge on any atom is 0.268 e. The van der Waals surface area contributed by atoms with E-state index in [0.29, 0.717) is 11.5 Å². The summed E-state index contributed by atoms with van der Waals surface area (Å²) in [5.41, 5.74) is 2.12. The average Bonchev–Trinajstić information content (AvgIpc) is 3.00. The number of aryl methyl sites for hydroxylation is 1. The molecule has 8 nitrogen and oxygen atoms in total. The van der Waals surface area contributed by atoms with Crippen molar-refractivity contribution >= 4 is 16.8 Å². The number of H-pyrrole nitrogens is 1. The minimum absolute atomic E-state index is 0.0620. The van der Waals surface area contributed by atoms with Crippen LogP contribution in [0.1, 0.15) is 40.8 Å². The monoisotopic (exact) mass is 396 g/mol. The highest BCUT2D eigenvalue weighted by Crippen LogP contribution is 2.35. The first-order valence-electron chi connectivity index (χ1n) is 9.52. The van der Waals surface area contributed by atoms with Crippen LogP contribution >= 0.6 is 0 Å². The summed E-state index contributed by atoms with van der Waals surface area (Å²) in [5, 5.41) is 4.08. The van der Waals surface area contributed by atoms with E-state index in [1.807, 2.05) is 35.9 Å². The molecule has 0 spiro atoms. The van der Waals surface area contributed by atoms with Crippen molar-refractivity contribution in [2.75, 3.05) is 14.2 Å². The van der Waals surface area contributed by atoms with Crippen LogP contribution < -0.4 is 15.6 Å². The number of hydrogen-bond acceptors (Lipinski definition) is 5. The fraction of sp³-hybridized carbons (Fsp3) is 0.381. The summed E-state index contributed by atoms with van der Waals surface area (Å²) in [6.07, 6.45) is 1.51. The number of fused-ring (bicyclic) bond motifs is 1. The summed E-state index contributed by atoms with van der Waals surface area (Å²) in [7, 11) is 5.06. The Morgan fingerprint density at radius 3 is 2.79 bits per heavy atom. The largest absolute Gasteiger partial charge is 0.497 e. The number of carbonyl (C=O) groups excluding carboxylic acids is 1. The summed E-state index contributed by atoms with van der Waals surface area (Å²) < 4.78 is 12.2. The minimum Gasteiger partial charge on any atom is -0.497 e. The lowest BCUT2D eigenvalue weighted by molar-refractivity contribution is 0.0900. The summed E-state index contributed by atoms with van der Waals surface area (Å²) >= 11 is 0. The van der Waals surface area contributed by atoms with Gasteiger partial charge in [-0.1, -0.05) is 0 Å². The second-order valence-corrected chi connectivity index (χ2v) is 7.40. The molecular weight excluding hydrogens is 372 g/mol. The molecule has 3 aromatic rings. The Morgan fingerprint density at radius 1 is 1.28 bits per heavy atom. The molecule has 29 heavy (non-hydrogen) atoms. The van der Waals surface area contributed by atoms with Gasteiger partial charge in [0.05, 0.1) is 18.3 Å². The van der Waals surface area contributed by atoms with Crippen LogP contribution in [0.2, 0.25) is 0 Å². The summed E-state index contributed by atoms with van der Waals surface area (Å²) in [4.78, 5) is 31.7. The first-order valence-corrected chi connectivity index (χ1v) is 9.52. The van der Waals surface area contributed by atoms with E-state index in [1.54, 1.807) is 14.2 Å². The molecule has 0 unspecified atom stereocenters. The molecular formula is C21H24N4O4. The molecule has 0 radical (unpaired) electrons. The zero-order valence-corrected chi connectivity index (χ0v) is 16.7. The average molecular weight is 396 g/mol. The Labute approximate surface area is 167 Å². The van der Waals surface area contributed by atoms with E-state index in [2.05, 4.69) is 15.3 Å². The third-order valence-corrected chi connectivity index (χ3v) is 5.47. The van der Waals surface area contributed by atoms with Gasteiger partial charge in [-0.05, 0) is 31.0 Å². The molecule has 0 atom stereocenters. The smallest absolute Gasteiger partial charge is 0.268 e. The molecule has 2 N–H and O–H groups in total. The second-order valence-electron chi connectivity index (χ2n) is 7.40. The van der Waals surface area contributed by atoms with Crippen molar-refractivity contribution in [3.8, 4) is 5.75 Å². The number of nitrogens with zero attached hydrogens (tertiary/aromatic N) is 2. The maximum absolute atomic E-state index is 12.8. The molecule has 4 rings (SSSR count). The lowest BCUT2D eigenvalue weighted by Gasteiger charge is -2.35. The number of methoxy groups -OCH3 is 2. The SMILES string of the molecule is COCc1nc(C2CC(NC(=O)c3cc4ccc(OC)cc4n3C)C2)cc(=O)[nH]1. The van der Waals surface area contributed by atoms with Crippen LogP contribution in [-0.2, 0) is 18.4 Å². The quantitative estimate of drug-likeness (QED) is 0.665. The third kappa shape index (κ3) is 3.75. The molecule has 1 fully saturated rings. The highest BCUT2D eigenvalue weighted by atomic mass is 16.5. The van der Waals surface area contributed by atoms with Crippen LogP contribution in [0.25, 0.3) is 10.9 Å². The van der Waals surface area contributed by atoms with Gasteiger partial charge in [-0.2, -0.15) is 0 Å². The number of carbonyl (C=O) groups is 1. The number of amides is 1. The van der Waals surface area contributed by atoms with Crippen molar-refractivity contribution in [1.29, 1.82) is 0 Å². The van der Waals surface area contributed by atoms with Gasteiger partial charge in [0.25, 0.3) is 11.5 Å². The standard InChI is InChI=1S/C21H24N4O4/c1-25-17-9-15(29-3)5-4-12(17)8-18(25)21(27)22-14-6-13(7-14)16-10-20(26)24-19(23-16)11-28-2/h4-5,8-10,13-14H,6-7,11H2,1-3H3,(H,22,27)(H,23,24,26). The molecule has 1 amide bonds. The fourth-order valence-electron chi connectivity index (χ4n) is 3.83. The number of hydrogen-bond donors (Lipinski definition) is 2. The van der Waals surface area contributed by atoms with Gasteiger partial charge in [0.1, 0.15) is 23.9 Å². The number of aromatic nitrogens is 3. The van der Waals surface area contributed by atoms with E-state index in [0.717, 1.165) is 35.2 Å². The number of nitrogens with one attached hydrogen (secondary N) is 2. The minimum atomic E-state index is -0.180. The van der Waals surface area contributed by atoms with Gasteiger partial charge in [0, 0.05) is 43.6 Å². The second kappa shape index (κ2) is 7.71. The molecule has 0 bridgehead atoms. The Hall–Kier alpha value is -3.13. The molecule has 0 aliphatic heterocycles. The number of ether oxygens (including phenoxy) is 2. The Morgan fingerprint density at radius 2 is 2.07 bits per heavy atom. The van der Waals surface area contributed by atoms with E-state index < -0.39 is 0 Å². The maximum atomic E-state index is 12.8. The normalized spacial score (nSPS) is 18.4. The van der Waals surface area contributed by atoms with E-state index >= 15 is 0 Å². The van der Waals surface area contributed by atoms with Crippen LogP contribution in [0.4, 0.5) is 0 Å². The zero-order valence-electron chi connectivity index (χ0n) is 16.7. The van der Waals surface area contributed by atoms with E-state index in [1.165, 1.54) is 6.07 Å². The van der Waals surface area contributed by atoms with Crippen molar-refractivity contribution in [3.63, 3.8) is 0 Å². The molecule has 1 aromatic carbocycles. The lowest BCUT2D eigenvalue weighted by Crippen LogP contribution is -2.44. The van der Waals surface area contributed by atoms with Crippen molar-refractivity contribution < 1.29 is 14.3 Å². The van der Waals surface area contributed by atoms with Gasteiger partial charge >= 0.3 is 0 Å². The highest BCUT2D eigenvalue weighted by Gasteiger charge is 2.33. The van der Waals surface area contributed by atoms with Gasteiger partial charge in [-0.3, -0.25) is 9.59 Å². The van der Waals surface area contributed by atoms with Gasteiger partial charge in [-0.15, -0.1) is 0 Å². The van der Waals surface area contributed by atoms with Gasteiger partial charge in [-0.25, -0.2) is 4.98 Å². The molecule has 2 aromatic heterocycles. The Kier molecular flexibility index (Phi) is 5.10.